The molecular formula is C31H32F5N5O3. The average molecular weight is 618 g/mol. The molecule has 44 heavy (non-hydrogen) atoms. The molecular weight excluding hydrogens is 585 g/mol. The van der Waals surface area contributed by atoms with E-state index in [4.69, 9.17) is 4.74 Å². The molecule has 8 nitrogen and oxygen atoms in total. The van der Waals surface area contributed by atoms with Crippen LogP contribution in [0.15, 0.2) is 54.9 Å². The van der Waals surface area contributed by atoms with Gasteiger partial charge >= 0.3 is 18.9 Å². The van der Waals surface area contributed by atoms with Crippen LogP contribution in [0.4, 0.5) is 32.6 Å². The molecule has 234 valence electrons. The second-order valence-corrected chi connectivity index (χ2v) is 11.5. The standard InChI is InChI=1S/C31H32F5N5O3/c1-19-24(15-20-7-5-6-8-25(20)43-28(32)33)41-18-22(23(31(34,35)36)16-27(41)38-19)21-9-10-26(37-17-21)39-11-13-40(14-12-39)29(42)44-30(2,3)4/h5-10,16-18,28H,11-15H2,1-4H3. The van der Waals surface area contributed by atoms with Crippen molar-refractivity contribution < 1.29 is 36.2 Å². The third-order valence-electron chi connectivity index (χ3n) is 7.23. The number of hydrogen-bond acceptors (Lipinski definition) is 6. The minimum Gasteiger partial charge on any atom is -0.444 e. The Labute approximate surface area is 251 Å². The Morgan fingerprint density at radius 1 is 1.02 bits per heavy atom. The number of halogens is 5. The van der Waals surface area contributed by atoms with E-state index in [2.05, 4.69) is 14.7 Å². The molecule has 0 radical (unpaired) electrons. The molecule has 0 aliphatic carbocycles. The number of para-hydroxylation sites is 1. The van der Waals surface area contributed by atoms with Gasteiger partial charge in [-0.3, -0.25) is 0 Å². The SMILES string of the molecule is Cc1nc2cc(C(F)(F)F)c(-c3ccc(N4CCN(C(=O)OC(C)(C)C)CC4)nc3)cn2c1Cc1ccccc1OC(F)F. The fourth-order valence-electron chi connectivity index (χ4n) is 5.15. The summed E-state index contributed by atoms with van der Waals surface area (Å²) in [5.74, 6) is 0.553. The number of carbonyl (C=O) groups excluding carboxylic acids is 1. The van der Waals surface area contributed by atoms with Crippen LogP contribution in [0, 0.1) is 6.92 Å². The van der Waals surface area contributed by atoms with Gasteiger partial charge in [0.2, 0.25) is 0 Å². The van der Waals surface area contributed by atoms with E-state index in [0.29, 0.717) is 48.9 Å². The zero-order valence-electron chi connectivity index (χ0n) is 24.7. The molecule has 4 heterocycles. The third kappa shape index (κ3) is 6.87. The van der Waals surface area contributed by atoms with Crippen LogP contribution in [-0.2, 0) is 17.3 Å². The smallest absolute Gasteiger partial charge is 0.417 e. The monoisotopic (exact) mass is 617 g/mol. The number of aryl methyl sites for hydroxylation is 1. The minimum atomic E-state index is -4.68. The first kappa shape index (κ1) is 31.0. The summed E-state index contributed by atoms with van der Waals surface area (Å²) in [6.45, 7) is 5.84. The predicted octanol–water partition coefficient (Wildman–Crippen LogP) is 6.97. The lowest BCUT2D eigenvalue weighted by molar-refractivity contribution is -0.137. The highest BCUT2D eigenvalue weighted by molar-refractivity contribution is 5.71. The van der Waals surface area contributed by atoms with Crippen molar-refractivity contribution in [2.75, 3.05) is 31.1 Å². The molecule has 3 aromatic heterocycles. The Kier molecular flexibility index (Phi) is 8.41. The zero-order chi connectivity index (χ0) is 31.8. The summed E-state index contributed by atoms with van der Waals surface area (Å²) in [7, 11) is 0. The van der Waals surface area contributed by atoms with E-state index in [1.807, 2.05) is 4.90 Å². The third-order valence-corrected chi connectivity index (χ3v) is 7.23. The predicted molar refractivity (Wildman–Crippen MR) is 154 cm³/mol. The molecule has 0 unspecified atom stereocenters. The second-order valence-electron chi connectivity index (χ2n) is 11.5. The number of nitrogens with zero attached hydrogens (tertiary/aromatic N) is 5. The maximum absolute atomic E-state index is 14.3. The van der Waals surface area contributed by atoms with Crippen LogP contribution in [0.3, 0.4) is 0 Å². The highest BCUT2D eigenvalue weighted by Gasteiger charge is 2.35. The lowest BCUT2D eigenvalue weighted by atomic mass is 10.0. The second kappa shape index (κ2) is 11.9. The van der Waals surface area contributed by atoms with Gasteiger partial charge in [-0.2, -0.15) is 22.0 Å². The van der Waals surface area contributed by atoms with Gasteiger partial charge in [0.05, 0.1) is 11.3 Å². The molecule has 1 aliphatic rings. The van der Waals surface area contributed by atoms with E-state index in [1.54, 1.807) is 67.3 Å². The molecule has 13 heteroatoms. The van der Waals surface area contributed by atoms with Gasteiger partial charge in [-0.25, -0.2) is 14.8 Å². The zero-order valence-corrected chi connectivity index (χ0v) is 24.7. The molecule has 0 saturated carbocycles. The van der Waals surface area contributed by atoms with E-state index in [9.17, 15) is 26.7 Å². The average Bonchev–Trinajstić information content (AvgIpc) is 3.25. The van der Waals surface area contributed by atoms with Crippen LogP contribution in [0.1, 0.15) is 43.3 Å². The number of benzene rings is 1. The number of pyridine rings is 2. The van der Waals surface area contributed by atoms with Crippen molar-refractivity contribution in [2.24, 2.45) is 0 Å². The number of anilines is 1. The molecule has 1 aliphatic heterocycles. The number of fused-ring (bicyclic) bond motifs is 1. The first-order valence-corrected chi connectivity index (χ1v) is 14.0. The first-order valence-electron chi connectivity index (χ1n) is 14.0. The van der Waals surface area contributed by atoms with E-state index in [1.165, 1.54) is 18.5 Å². The molecule has 5 rings (SSSR count). The Hall–Kier alpha value is -4.42. The van der Waals surface area contributed by atoms with Crippen LogP contribution in [0.25, 0.3) is 16.8 Å². The van der Waals surface area contributed by atoms with Gasteiger partial charge in [0, 0.05) is 67.4 Å². The van der Waals surface area contributed by atoms with Gasteiger partial charge in [-0.15, -0.1) is 0 Å². The Morgan fingerprint density at radius 2 is 1.73 bits per heavy atom. The molecule has 0 spiro atoms. The van der Waals surface area contributed by atoms with Gasteiger partial charge in [0.1, 0.15) is 22.8 Å². The molecule has 4 aromatic rings. The summed E-state index contributed by atoms with van der Waals surface area (Å²) < 4.78 is 80.4. The lowest BCUT2D eigenvalue weighted by Crippen LogP contribution is -2.50. The molecule has 0 atom stereocenters. The minimum absolute atomic E-state index is 0.0179. The van der Waals surface area contributed by atoms with Crippen molar-refractivity contribution in [2.45, 2.75) is 52.5 Å². The van der Waals surface area contributed by atoms with Crippen molar-refractivity contribution in [1.82, 2.24) is 19.3 Å². The summed E-state index contributed by atoms with van der Waals surface area (Å²) in [6.07, 6.45) is -2.21. The molecule has 1 amide bonds. The topological polar surface area (TPSA) is 72.2 Å². The number of carbonyl (C=O) groups is 1. The summed E-state index contributed by atoms with van der Waals surface area (Å²) in [6, 6.07) is 10.5. The largest absolute Gasteiger partial charge is 0.444 e. The summed E-state index contributed by atoms with van der Waals surface area (Å²) in [5.41, 5.74) is 0.180. The molecule has 1 fully saturated rings. The summed E-state index contributed by atoms with van der Waals surface area (Å²) >= 11 is 0. The van der Waals surface area contributed by atoms with Gasteiger partial charge in [-0.05, 0) is 52.0 Å². The quantitative estimate of drug-likeness (QED) is 0.218. The number of amides is 1. The number of alkyl halides is 5. The highest BCUT2D eigenvalue weighted by Crippen LogP contribution is 2.39. The van der Waals surface area contributed by atoms with Gasteiger partial charge < -0.3 is 23.7 Å². The summed E-state index contributed by atoms with van der Waals surface area (Å²) in [5, 5.41) is 0. The highest BCUT2D eigenvalue weighted by atomic mass is 19.4. The van der Waals surface area contributed by atoms with Crippen molar-refractivity contribution >= 4 is 17.6 Å². The number of rotatable bonds is 6. The number of ether oxygens (including phenoxy) is 2. The lowest BCUT2D eigenvalue weighted by Gasteiger charge is -2.36. The number of aromatic nitrogens is 3. The van der Waals surface area contributed by atoms with Crippen LogP contribution in [-0.4, -0.2) is 63.8 Å². The molecule has 1 saturated heterocycles. The van der Waals surface area contributed by atoms with Gasteiger partial charge in [0.25, 0.3) is 0 Å². The van der Waals surface area contributed by atoms with Gasteiger partial charge in [-0.1, -0.05) is 18.2 Å². The fraction of sp³-hybridized carbons (Fsp3) is 0.387. The number of hydrogen-bond donors (Lipinski definition) is 0. The number of imidazole rings is 1. The van der Waals surface area contributed by atoms with E-state index < -0.39 is 30.0 Å². The van der Waals surface area contributed by atoms with Gasteiger partial charge in [0.15, 0.2) is 0 Å². The summed E-state index contributed by atoms with van der Waals surface area (Å²) in [4.78, 5) is 24.7. The van der Waals surface area contributed by atoms with Crippen LogP contribution in [0.5, 0.6) is 5.75 Å². The van der Waals surface area contributed by atoms with Crippen molar-refractivity contribution in [3.63, 3.8) is 0 Å². The van der Waals surface area contributed by atoms with Crippen molar-refractivity contribution in [3.05, 3.63) is 77.4 Å². The maximum atomic E-state index is 14.3. The van der Waals surface area contributed by atoms with E-state index in [-0.39, 0.29) is 28.9 Å². The maximum Gasteiger partial charge on any atom is 0.417 e. The molecule has 1 aromatic carbocycles. The fourth-order valence-corrected chi connectivity index (χ4v) is 5.15. The van der Waals surface area contributed by atoms with E-state index in [0.717, 1.165) is 6.07 Å². The van der Waals surface area contributed by atoms with Crippen molar-refractivity contribution in [3.8, 4) is 16.9 Å². The van der Waals surface area contributed by atoms with Crippen LogP contribution < -0.4 is 9.64 Å². The van der Waals surface area contributed by atoms with Crippen LogP contribution in [0.2, 0.25) is 0 Å². The first-order chi connectivity index (χ1) is 20.7. The Bertz CT molecular complexity index is 1640. The van der Waals surface area contributed by atoms with E-state index >= 15 is 0 Å². The Balaban J connectivity index is 1.43. The Morgan fingerprint density at radius 3 is 2.34 bits per heavy atom. The van der Waals surface area contributed by atoms with Crippen LogP contribution >= 0.6 is 0 Å². The normalized spacial score (nSPS) is 14.4. The van der Waals surface area contributed by atoms with Crippen molar-refractivity contribution in [1.29, 1.82) is 0 Å². The molecule has 0 N–H and O–H groups in total. The molecule has 0 bridgehead atoms. The number of piperazine rings is 1.